The molecular formula is C19H19N5O. The predicted octanol–water partition coefficient (Wildman–Crippen LogP) is 3.16. The van der Waals surface area contributed by atoms with Gasteiger partial charge < -0.3 is 10.6 Å². The molecule has 1 aromatic carbocycles. The lowest BCUT2D eigenvalue weighted by Gasteiger charge is -2.08. The lowest BCUT2D eigenvalue weighted by Crippen LogP contribution is -2.23. The first-order valence-corrected chi connectivity index (χ1v) is 7.94. The Balaban J connectivity index is 1.62. The van der Waals surface area contributed by atoms with Gasteiger partial charge in [0.1, 0.15) is 0 Å². The van der Waals surface area contributed by atoms with E-state index in [9.17, 15) is 4.79 Å². The Morgan fingerprint density at radius 1 is 1.04 bits per heavy atom. The van der Waals surface area contributed by atoms with Crippen LogP contribution in [0, 0.1) is 13.8 Å². The summed E-state index contributed by atoms with van der Waals surface area (Å²) in [7, 11) is 0. The van der Waals surface area contributed by atoms with Crippen molar-refractivity contribution >= 4 is 17.5 Å². The number of rotatable bonds is 5. The summed E-state index contributed by atoms with van der Waals surface area (Å²) in [5.74, 6) is 0.232. The number of carbonyl (C=O) groups is 1. The van der Waals surface area contributed by atoms with Crippen LogP contribution in [0.5, 0.6) is 0 Å². The number of aryl methyl sites for hydroxylation is 2. The number of hydrogen-bond donors (Lipinski definition) is 2. The molecule has 126 valence electrons. The van der Waals surface area contributed by atoms with Gasteiger partial charge in [-0.3, -0.25) is 9.78 Å². The van der Waals surface area contributed by atoms with Crippen molar-refractivity contribution in [3.05, 3.63) is 77.4 Å². The van der Waals surface area contributed by atoms with Gasteiger partial charge in [-0.15, -0.1) is 0 Å². The molecule has 0 radical (unpaired) electrons. The Morgan fingerprint density at radius 2 is 1.76 bits per heavy atom. The number of benzene rings is 1. The molecule has 0 bridgehead atoms. The summed E-state index contributed by atoms with van der Waals surface area (Å²) in [5, 5.41) is 5.97. The Kier molecular flexibility index (Phi) is 4.99. The largest absolute Gasteiger partial charge is 0.348 e. The van der Waals surface area contributed by atoms with E-state index in [2.05, 4.69) is 31.7 Å². The van der Waals surface area contributed by atoms with Gasteiger partial charge in [0.15, 0.2) is 0 Å². The van der Waals surface area contributed by atoms with Crippen LogP contribution < -0.4 is 10.6 Å². The van der Waals surface area contributed by atoms with Crippen LogP contribution in [0.1, 0.15) is 27.0 Å². The lowest BCUT2D eigenvalue weighted by molar-refractivity contribution is 0.0950. The molecule has 2 N–H and O–H groups in total. The first-order chi connectivity index (χ1) is 12.1. The molecular weight excluding hydrogens is 314 g/mol. The number of anilines is 2. The minimum atomic E-state index is -0.221. The van der Waals surface area contributed by atoms with E-state index >= 15 is 0 Å². The predicted molar refractivity (Wildman–Crippen MR) is 96.6 cm³/mol. The molecule has 25 heavy (non-hydrogen) atoms. The van der Waals surface area contributed by atoms with E-state index in [1.54, 1.807) is 12.4 Å². The highest BCUT2D eigenvalue weighted by Crippen LogP contribution is 2.17. The molecule has 0 aliphatic rings. The molecule has 0 aliphatic heterocycles. The summed E-state index contributed by atoms with van der Waals surface area (Å²) in [4.78, 5) is 24.6. The van der Waals surface area contributed by atoms with E-state index in [0.29, 0.717) is 18.1 Å². The summed E-state index contributed by atoms with van der Waals surface area (Å²) < 4.78 is 0. The molecule has 3 aromatic rings. The fourth-order valence-corrected chi connectivity index (χ4v) is 2.47. The Bertz CT molecular complexity index is 842. The Hall–Kier alpha value is -3.28. The van der Waals surface area contributed by atoms with Crippen LogP contribution in [-0.2, 0) is 6.54 Å². The second-order valence-electron chi connectivity index (χ2n) is 5.84. The van der Waals surface area contributed by atoms with E-state index in [1.807, 2.05) is 38.1 Å². The molecule has 0 spiro atoms. The molecule has 6 nitrogen and oxygen atoms in total. The fraction of sp³-hybridized carbons (Fsp3) is 0.158. The van der Waals surface area contributed by atoms with Crippen molar-refractivity contribution < 1.29 is 4.79 Å². The highest BCUT2D eigenvalue weighted by atomic mass is 16.1. The van der Waals surface area contributed by atoms with Crippen LogP contribution in [0.15, 0.2) is 55.1 Å². The molecule has 0 atom stereocenters. The van der Waals surface area contributed by atoms with Gasteiger partial charge in [-0.1, -0.05) is 12.1 Å². The van der Waals surface area contributed by atoms with Gasteiger partial charge in [-0.25, -0.2) is 9.97 Å². The van der Waals surface area contributed by atoms with Crippen molar-refractivity contribution in [1.29, 1.82) is 0 Å². The summed E-state index contributed by atoms with van der Waals surface area (Å²) in [5.41, 5.74) is 4.59. The number of pyridine rings is 1. The first kappa shape index (κ1) is 16.6. The molecule has 2 heterocycles. The second kappa shape index (κ2) is 7.53. The fourth-order valence-electron chi connectivity index (χ4n) is 2.47. The molecule has 0 aliphatic carbocycles. The topological polar surface area (TPSA) is 79.8 Å². The average molecular weight is 333 g/mol. The zero-order chi connectivity index (χ0) is 17.6. The number of aromatic nitrogens is 3. The van der Waals surface area contributed by atoms with E-state index in [-0.39, 0.29) is 5.91 Å². The third-order valence-corrected chi connectivity index (χ3v) is 3.57. The van der Waals surface area contributed by atoms with Crippen LogP contribution in [0.4, 0.5) is 11.6 Å². The van der Waals surface area contributed by atoms with Crippen LogP contribution in [0.3, 0.4) is 0 Å². The third-order valence-electron chi connectivity index (χ3n) is 3.57. The van der Waals surface area contributed by atoms with Crippen LogP contribution >= 0.6 is 0 Å². The SMILES string of the molecule is Cc1cc(C)cc(Nc2ncc(C(=O)NCc3cccnc3)cn2)c1. The van der Waals surface area contributed by atoms with Crippen molar-refractivity contribution in [2.45, 2.75) is 20.4 Å². The lowest BCUT2D eigenvalue weighted by atomic mass is 10.1. The van der Waals surface area contributed by atoms with Gasteiger partial charge in [0.2, 0.25) is 5.95 Å². The smallest absolute Gasteiger partial charge is 0.254 e. The van der Waals surface area contributed by atoms with Crippen LogP contribution in [0.2, 0.25) is 0 Å². The van der Waals surface area contributed by atoms with Gasteiger partial charge in [-0.2, -0.15) is 0 Å². The van der Waals surface area contributed by atoms with E-state index in [1.165, 1.54) is 12.4 Å². The van der Waals surface area contributed by atoms with E-state index < -0.39 is 0 Å². The maximum Gasteiger partial charge on any atom is 0.254 e. The zero-order valence-corrected chi connectivity index (χ0v) is 14.2. The highest BCUT2D eigenvalue weighted by molar-refractivity contribution is 5.93. The van der Waals surface area contributed by atoms with Crippen molar-refractivity contribution in [1.82, 2.24) is 20.3 Å². The molecule has 6 heteroatoms. The van der Waals surface area contributed by atoms with E-state index in [0.717, 1.165) is 22.4 Å². The van der Waals surface area contributed by atoms with Crippen molar-refractivity contribution in [2.24, 2.45) is 0 Å². The Labute approximate surface area is 146 Å². The highest BCUT2D eigenvalue weighted by Gasteiger charge is 2.07. The molecule has 0 saturated heterocycles. The molecule has 0 fully saturated rings. The number of carbonyl (C=O) groups excluding carboxylic acids is 1. The summed E-state index contributed by atoms with van der Waals surface area (Å²) in [6.45, 7) is 4.48. The van der Waals surface area contributed by atoms with Crippen molar-refractivity contribution in [3.63, 3.8) is 0 Å². The number of amides is 1. The maximum atomic E-state index is 12.1. The number of nitrogens with zero attached hydrogens (tertiary/aromatic N) is 3. The minimum Gasteiger partial charge on any atom is -0.348 e. The number of nitrogens with one attached hydrogen (secondary N) is 2. The normalized spacial score (nSPS) is 10.3. The van der Waals surface area contributed by atoms with Gasteiger partial charge in [0.25, 0.3) is 5.91 Å². The van der Waals surface area contributed by atoms with Gasteiger partial charge >= 0.3 is 0 Å². The maximum absolute atomic E-state index is 12.1. The van der Waals surface area contributed by atoms with Crippen molar-refractivity contribution in [3.8, 4) is 0 Å². The van der Waals surface area contributed by atoms with E-state index in [4.69, 9.17) is 0 Å². The van der Waals surface area contributed by atoms with Crippen LogP contribution in [0.25, 0.3) is 0 Å². The average Bonchev–Trinajstić information content (AvgIpc) is 2.60. The number of hydrogen-bond acceptors (Lipinski definition) is 5. The van der Waals surface area contributed by atoms with Gasteiger partial charge in [0, 0.05) is 37.0 Å². The molecule has 1 amide bonds. The Morgan fingerprint density at radius 3 is 2.40 bits per heavy atom. The van der Waals surface area contributed by atoms with Gasteiger partial charge in [0.05, 0.1) is 5.56 Å². The summed E-state index contributed by atoms with van der Waals surface area (Å²) in [6.07, 6.45) is 6.43. The first-order valence-electron chi connectivity index (χ1n) is 7.94. The molecule has 0 saturated carbocycles. The molecule has 2 aromatic heterocycles. The minimum absolute atomic E-state index is 0.221. The third kappa shape index (κ3) is 4.60. The zero-order valence-electron chi connectivity index (χ0n) is 14.2. The quantitative estimate of drug-likeness (QED) is 0.750. The van der Waals surface area contributed by atoms with Crippen LogP contribution in [-0.4, -0.2) is 20.9 Å². The molecule has 0 unspecified atom stereocenters. The second-order valence-corrected chi connectivity index (χ2v) is 5.84. The summed E-state index contributed by atoms with van der Waals surface area (Å²) in [6, 6.07) is 9.87. The van der Waals surface area contributed by atoms with Gasteiger partial charge in [-0.05, 0) is 48.7 Å². The molecule has 3 rings (SSSR count). The van der Waals surface area contributed by atoms with Crippen molar-refractivity contribution in [2.75, 3.05) is 5.32 Å². The monoisotopic (exact) mass is 333 g/mol. The standard InChI is InChI=1S/C19H19N5O/c1-13-6-14(2)8-17(7-13)24-19-22-11-16(12-23-19)18(25)21-10-15-4-3-5-20-9-15/h3-9,11-12H,10H2,1-2H3,(H,21,25)(H,22,23,24). The summed E-state index contributed by atoms with van der Waals surface area (Å²) >= 11 is 0.